The van der Waals surface area contributed by atoms with Crippen LogP contribution in [0.4, 0.5) is 29.1 Å². The zero-order valence-corrected chi connectivity index (χ0v) is 17.7. The van der Waals surface area contributed by atoms with E-state index in [1.54, 1.807) is 18.2 Å². The van der Waals surface area contributed by atoms with Gasteiger partial charge in [0.1, 0.15) is 11.6 Å². The van der Waals surface area contributed by atoms with E-state index in [1.807, 2.05) is 30.3 Å². The minimum atomic E-state index is -4.89. The Morgan fingerprint density at radius 3 is 2.50 bits per heavy atom. The number of rotatable bonds is 7. The molecule has 4 rings (SSSR count). The first-order valence-corrected chi connectivity index (χ1v) is 9.89. The summed E-state index contributed by atoms with van der Waals surface area (Å²) in [6.07, 6.45) is -4.89. The maximum Gasteiger partial charge on any atom is 0.419 e. The number of hydrogen-bond donors (Lipinski definition) is 1. The molecule has 34 heavy (non-hydrogen) atoms. The van der Waals surface area contributed by atoms with Crippen molar-refractivity contribution in [2.45, 2.75) is 12.8 Å². The van der Waals surface area contributed by atoms with Gasteiger partial charge in [-0.3, -0.25) is 0 Å². The molecule has 0 atom stereocenters. The number of nitrogens with zero attached hydrogens (tertiary/aromatic N) is 6. The standard InChI is InChI=1S/C22H17F4N7O/c1-33-21(29-31-32-33)20(16-10-6-11-17(19(16)23)22(24,25)26)30-34-13-15-9-5-12-18(28-15)27-14-7-3-2-4-8-14/h2-12H,13H2,1H3,(H,27,28). The first kappa shape index (κ1) is 22.8. The monoisotopic (exact) mass is 471 g/mol. The summed E-state index contributed by atoms with van der Waals surface area (Å²) in [5, 5.41) is 17.8. The van der Waals surface area contributed by atoms with Crippen molar-refractivity contribution in [3.8, 4) is 0 Å². The molecule has 0 bridgehead atoms. The Hall–Kier alpha value is -4.35. The van der Waals surface area contributed by atoms with E-state index < -0.39 is 23.1 Å². The molecule has 1 N–H and O–H groups in total. The van der Waals surface area contributed by atoms with Crippen LogP contribution in [0.15, 0.2) is 71.9 Å². The second kappa shape index (κ2) is 9.65. The number of para-hydroxylation sites is 1. The van der Waals surface area contributed by atoms with Gasteiger partial charge in [-0.05, 0) is 46.8 Å². The molecule has 8 nitrogen and oxygen atoms in total. The molecule has 0 amide bonds. The van der Waals surface area contributed by atoms with E-state index >= 15 is 0 Å². The Labute approximate surface area is 190 Å². The molecule has 0 spiro atoms. The van der Waals surface area contributed by atoms with Crippen LogP contribution in [0.3, 0.4) is 0 Å². The fourth-order valence-electron chi connectivity index (χ4n) is 3.04. The SMILES string of the molecule is Cn1nnnc1C(=NOCc1cccc(Nc2ccccc2)n1)c1cccc(C(F)(F)F)c1F. The highest BCUT2D eigenvalue weighted by atomic mass is 19.4. The number of aromatic nitrogens is 5. The van der Waals surface area contributed by atoms with Crippen molar-refractivity contribution < 1.29 is 22.4 Å². The molecular formula is C22H17F4N7O. The van der Waals surface area contributed by atoms with E-state index in [0.717, 1.165) is 22.5 Å². The van der Waals surface area contributed by atoms with Crippen LogP contribution in [-0.2, 0) is 24.7 Å². The van der Waals surface area contributed by atoms with Crippen LogP contribution >= 0.6 is 0 Å². The number of hydrogen-bond acceptors (Lipinski definition) is 7. The average Bonchev–Trinajstić information content (AvgIpc) is 3.23. The Balaban J connectivity index is 1.60. The molecule has 12 heteroatoms. The van der Waals surface area contributed by atoms with E-state index in [0.29, 0.717) is 17.6 Å². The quantitative estimate of drug-likeness (QED) is 0.243. The van der Waals surface area contributed by atoms with E-state index in [9.17, 15) is 17.6 Å². The second-order valence-electron chi connectivity index (χ2n) is 7.01. The minimum Gasteiger partial charge on any atom is -0.389 e. The average molecular weight is 471 g/mol. The summed E-state index contributed by atoms with van der Waals surface area (Å²) in [5.41, 5.74) is -0.878. The lowest BCUT2D eigenvalue weighted by atomic mass is 10.0. The summed E-state index contributed by atoms with van der Waals surface area (Å²) < 4.78 is 55.6. The maximum absolute atomic E-state index is 14.8. The van der Waals surface area contributed by atoms with Gasteiger partial charge in [-0.2, -0.15) is 13.2 Å². The number of tetrazole rings is 1. The Kier molecular flexibility index (Phi) is 6.48. The topological polar surface area (TPSA) is 90.1 Å². The summed E-state index contributed by atoms with van der Waals surface area (Å²) in [5.74, 6) is -1.03. The zero-order valence-electron chi connectivity index (χ0n) is 17.7. The third-order valence-corrected chi connectivity index (χ3v) is 4.61. The fourth-order valence-corrected chi connectivity index (χ4v) is 3.04. The molecule has 0 saturated heterocycles. The number of halogens is 4. The molecule has 2 heterocycles. The normalized spacial score (nSPS) is 12.0. The first-order valence-electron chi connectivity index (χ1n) is 9.89. The molecule has 0 aliphatic carbocycles. The van der Waals surface area contributed by atoms with Gasteiger partial charge in [-0.15, -0.1) is 5.10 Å². The number of anilines is 2. The highest BCUT2D eigenvalue weighted by Crippen LogP contribution is 2.33. The smallest absolute Gasteiger partial charge is 0.389 e. The van der Waals surface area contributed by atoms with Crippen molar-refractivity contribution >= 4 is 17.2 Å². The van der Waals surface area contributed by atoms with E-state index in [2.05, 4.69) is 31.0 Å². The van der Waals surface area contributed by atoms with E-state index in [-0.39, 0.29) is 18.1 Å². The van der Waals surface area contributed by atoms with Gasteiger partial charge < -0.3 is 10.2 Å². The van der Waals surface area contributed by atoms with Crippen LogP contribution in [0, 0.1) is 5.82 Å². The van der Waals surface area contributed by atoms with Crippen LogP contribution in [-0.4, -0.2) is 30.9 Å². The molecule has 2 aromatic heterocycles. The number of alkyl halides is 3. The third kappa shape index (κ3) is 5.17. The van der Waals surface area contributed by atoms with Crippen LogP contribution in [0.25, 0.3) is 0 Å². The van der Waals surface area contributed by atoms with E-state index in [4.69, 9.17) is 4.84 Å². The zero-order chi connectivity index (χ0) is 24.1. The highest BCUT2D eigenvalue weighted by Gasteiger charge is 2.36. The highest BCUT2D eigenvalue weighted by molar-refractivity contribution is 6.10. The summed E-state index contributed by atoms with van der Waals surface area (Å²) in [6, 6.07) is 17.4. The molecule has 0 aliphatic rings. The lowest BCUT2D eigenvalue weighted by Crippen LogP contribution is -2.17. The molecule has 174 valence electrons. The van der Waals surface area contributed by atoms with Crippen LogP contribution < -0.4 is 5.32 Å². The lowest BCUT2D eigenvalue weighted by Gasteiger charge is -2.12. The van der Waals surface area contributed by atoms with Crippen molar-refractivity contribution in [1.29, 1.82) is 0 Å². The second-order valence-corrected chi connectivity index (χ2v) is 7.01. The Bertz CT molecular complexity index is 1310. The third-order valence-electron chi connectivity index (χ3n) is 4.61. The number of pyridine rings is 1. The van der Waals surface area contributed by atoms with Crippen LogP contribution in [0.1, 0.15) is 22.6 Å². The van der Waals surface area contributed by atoms with Gasteiger partial charge in [-0.25, -0.2) is 14.1 Å². The molecule has 0 saturated carbocycles. The van der Waals surface area contributed by atoms with Crippen molar-refractivity contribution in [2.75, 3.05) is 5.32 Å². The van der Waals surface area contributed by atoms with Crippen molar-refractivity contribution in [1.82, 2.24) is 25.2 Å². The number of nitrogens with one attached hydrogen (secondary N) is 1. The molecule has 0 fully saturated rings. The van der Waals surface area contributed by atoms with Gasteiger partial charge in [0.05, 0.1) is 11.3 Å². The number of oxime groups is 1. The molecule has 0 radical (unpaired) electrons. The minimum absolute atomic E-state index is 0.0781. The predicted molar refractivity (Wildman–Crippen MR) is 115 cm³/mol. The van der Waals surface area contributed by atoms with Gasteiger partial charge >= 0.3 is 6.18 Å². The molecule has 4 aromatic rings. The summed E-state index contributed by atoms with van der Waals surface area (Å²) >= 11 is 0. The summed E-state index contributed by atoms with van der Waals surface area (Å²) in [4.78, 5) is 9.75. The van der Waals surface area contributed by atoms with Crippen LogP contribution in [0.5, 0.6) is 0 Å². The van der Waals surface area contributed by atoms with E-state index in [1.165, 1.54) is 7.05 Å². The summed E-state index contributed by atoms with van der Waals surface area (Å²) in [7, 11) is 1.44. The fraction of sp³-hybridized carbons (Fsp3) is 0.136. The van der Waals surface area contributed by atoms with Crippen molar-refractivity contribution in [3.63, 3.8) is 0 Å². The molecule has 0 unspecified atom stereocenters. The van der Waals surface area contributed by atoms with Gasteiger partial charge in [0.15, 0.2) is 12.3 Å². The van der Waals surface area contributed by atoms with Gasteiger partial charge in [0.25, 0.3) is 0 Å². The maximum atomic E-state index is 14.8. The van der Waals surface area contributed by atoms with Gasteiger partial charge in [-0.1, -0.05) is 35.5 Å². The largest absolute Gasteiger partial charge is 0.419 e. The lowest BCUT2D eigenvalue weighted by molar-refractivity contribution is -0.140. The van der Waals surface area contributed by atoms with Crippen molar-refractivity contribution in [2.24, 2.45) is 12.2 Å². The van der Waals surface area contributed by atoms with Gasteiger partial charge in [0, 0.05) is 18.3 Å². The first-order chi connectivity index (χ1) is 16.3. The number of aryl methyl sites for hydroxylation is 1. The van der Waals surface area contributed by atoms with Crippen molar-refractivity contribution in [3.05, 3.63) is 95.2 Å². The molecule has 2 aromatic carbocycles. The summed E-state index contributed by atoms with van der Waals surface area (Å²) in [6.45, 7) is -0.139. The van der Waals surface area contributed by atoms with Crippen LogP contribution in [0.2, 0.25) is 0 Å². The molecule has 0 aliphatic heterocycles. The number of benzene rings is 2. The van der Waals surface area contributed by atoms with Gasteiger partial charge in [0.2, 0.25) is 5.82 Å². The Morgan fingerprint density at radius 1 is 1.03 bits per heavy atom. The molecular weight excluding hydrogens is 454 g/mol. The Morgan fingerprint density at radius 2 is 1.79 bits per heavy atom. The predicted octanol–water partition coefficient (Wildman–Crippen LogP) is 4.48.